The zero-order chi connectivity index (χ0) is 22.6. The Hall–Kier alpha value is -1.67. The summed E-state index contributed by atoms with van der Waals surface area (Å²) in [6.07, 6.45) is 6.07. The predicted molar refractivity (Wildman–Crippen MR) is 116 cm³/mol. The number of amides is 3. The van der Waals surface area contributed by atoms with Crippen LogP contribution in [0, 0.1) is 11.8 Å². The number of hydrogen-bond acceptors (Lipinski definition) is 5. The van der Waals surface area contributed by atoms with Gasteiger partial charge in [0.25, 0.3) is 0 Å². The molecule has 0 saturated carbocycles. The first-order chi connectivity index (χ1) is 14.9. The van der Waals surface area contributed by atoms with Crippen molar-refractivity contribution in [2.45, 2.75) is 89.4 Å². The number of fused-ring (bicyclic) bond motifs is 1. The Balaban J connectivity index is 1.93. The minimum atomic E-state index is -0.967. The molecule has 8 heteroatoms. The Bertz CT molecular complexity index is 686. The van der Waals surface area contributed by atoms with Crippen molar-refractivity contribution in [1.82, 2.24) is 15.5 Å². The average Bonchev–Trinajstić information content (AvgIpc) is 3.37. The highest BCUT2D eigenvalue weighted by Gasteiger charge is 2.78. The van der Waals surface area contributed by atoms with Crippen LogP contribution in [0.5, 0.6) is 0 Å². The van der Waals surface area contributed by atoms with Crippen molar-refractivity contribution in [2.24, 2.45) is 11.8 Å². The lowest BCUT2D eigenvalue weighted by Crippen LogP contribution is -2.55. The molecule has 0 aromatic rings. The Morgan fingerprint density at radius 3 is 2.45 bits per heavy atom. The van der Waals surface area contributed by atoms with Crippen LogP contribution in [0.25, 0.3) is 0 Å². The minimum Gasteiger partial charge on any atom is -0.396 e. The maximum absolute atomic E-state index is 13.6. The molecule has 8 nitrogen and oxygen atoms in total. The van der Waals surface area contributed by atoms with Crippen LogP contribution in [0.1, 0.15) is 72.1 Å². The molecule has 3 fully saturated rings. The van der Waals surface area contributed by atoms with E-state index in [4.69, 9.17) is 4.74 Å². The highest BCUT2D eigenvalue weighted by molar-refractivity contribution is 5.99. The van der Waals surface area contributed by atoms with Crippen LogP contribution in [0.2, 0.25) is 0 Å². The summed E-state index contributed by atoms with van der Waals surface area (Å²) in [5, 5.41) is 15.3. The number of rotatable bonds is 12. The molecule has 31 heavy (non-hydrogen) atoms. The van der Waals surface area contributed by atoms with E-state index in [0.717, 1.165) is 25.7 Å². The lowest BCUT2D eigenvalue weighted by atomic mass is 9.65. The summed E-state index contributed by atoms with van der Waals surface area (Å²) in [6.45, 7) is 7.43. The van der Waals surface area contributed by atoms with E-state index in [-0.39, 0.29) is 30.9 Å². The molecule has 3 aliphatic rings. The molecule has 176 valence electrons. The maximum atomic E-state index is 13.6. The van der Waals surface area contributed by atoms with E-state index in [1.54, 1.807) is 4.90 Å². The van der Waals surface area contributed by atoms with Gasteiger partial charge in [0, 0.05) is 26.2 Å². The van der Waals surface area contributed by atoms with Crippen molar-refractivity contribution in [3.05, 3.63) is 0 Å². The van der Waals surface area contributed by atoms with Crippen LogP contribution in [0.15, 0.2) is 0 Å². The molecule has 3 saturated heterocycles. The van der Waals surface area contributed by atoms with Gasteiger partial charge in [-0.2, -0.15) is 0 Å². The fraction of sp³-hybridized carbons (Fsp3) is 0.870. The number of unbranched alkanes of at least 4 members (excludes halogenated alkanes) is 2. The lowest BCUT2D eigenvalue weighted by molar-refractivity contribution is -0.147. The van der Waals surface area contributed by atoms with E-state index in [1.807, 2.05) is 13.8 Å². The standard InChI is InChI=1S/C23H39N3O5/c1-4-7-8-13-25-20(29)18-23-11-10-22(6-3,31-23)16(19(28)24-12-5-2)17(23)21(30)26(18)14-9-15-27/h16-18,27H,4-15H2,1-3H3,(H,24,28)(H,25,29)/t16-,17-,18?,22+,23?/m0/s1. The van der Waals surface area contributed by atoms with Gasteiger partial charge in [-0.1, -0.05) is 33.6 Å². The third-order valence-corrected chi connectivity index (χ3v) is 7.40. The van der Waals surface area contributed by atoms with Crippen molar-refractivity contribution in [3.8, 4) is 0 Å². The number of carbonyl (C=O) groups excluding carboxylic acids is 3. The molecule has 3 heterocycles. The minimum absolute atomic E-state index is 0.0630. The largest absolute Gasteiger partial charge is 0.396 e. The first-order valence-electron chi connectivity index (χ1n) is 12.1. The quantitative estimate of drug-likeness (QED) is 0.400. The van der Waals surface area contributed by atoms with Crippen LogP contribution in [-0.2, 0) is 19.1 Å². The number of ether oxygens (including phenoxy) is 1. The van der Waals surface area contributed by atoms with Crippen molar-refractivity contribution in [1.29, 1.82) is 0 Å². The molecule has 3 amide bonds. The summed E-state index contributed by atoms with van der Waals surface area (Å²) in [4.78, 5) is 41.7. The summed E-state index contributed by atoms with van der Waals surface area (Å²) in [6, 6.07) is -0.754. The van der Waals surface area contributed by atoms with Gasteiger partial charge in [-0.25, -0.2) is 0 Å². The van der Waals surface area contributed by atoms with Gasteiger partial charge in [0.2, 0.25) is 17.7 Å². The molecule has 3 N–H and O–H groups in total. The number of aliphatic hydroxyl groups is 1. The average molecular weight is 438 g/mol. The second kappa shape index (κ2) is 9.86. The number of hydrogen-bond donors (Lipinski definition) is 3. The van der Waals surface area contributed by atoms with Crippen molar-refractivity contribution in [3.63, 3.8) is 0 Å². The second-order valence-electron chi connectivity index (χ2n) is 9.23. The molecule has 0 aromatic heterocycles. The third kappa shape index (κ3) is 3.97. The molecular formula is C23H39N3O5. The Labute approximate surface area is 185 Å². The number of nitrogens with one attached hydrogen (secondary N) is 2. The normalized spacial score (nSPS) is 33.6. The van der Waals surface area contributed by atoms with Crippen molar-refractivity contribution >= 4 is 17.7 Å². The highest BCUT2D eigenvalue weighted by atomic mass is 16.5. The van der Waals surface area contributed by atoms with Gasteiger partial charge in [-0.15, -0.1) is 0 Å². The van der Waals surface area contributed by atoms with Gasteiger partial charge >= 0.3 is 0 Å². The summed E-state index contributed by atoms with van der Waals surface area (Å²) in [7, 11) is 0. The van der Waals surface area contributed by atoms with Gasteiger partial charge in [0.1, 0.15) is 11.6 Å². The fourth-order valence-corrected chi connectivity index (χ4v) is 5.94. The van der Waals surface area contributed by atoms with Gasteiger partial charge in [0.15, 0.2) is 0 Å². The van der Waals surface area contributed by atoms with E-state index in [1.165, 1.54) is 0 Å². The smallest absolute Gasteiger partial charge is 0.245 e. The van der Waals surface area contributed by atoms with Crippen LogP contribution >= 0.6 is 0 Å². The van der Waals surface area contributed by atoms with E-state index >= 15 is 0 Å². The first-order valence-corrected chi connectivity index (χ1v) is 12.1. The summed E-state index contributed by atoms with van der Waals surface area (Å²) in [5.74, 6) is -1.77. The van der Waals surface area contributed by atoms with E-state index < -0.39 is 29.1 Å². The van der Waals surface area contributed by atoms with Gasteiger partial charge < -0.3 is 25.4 Å². The molecule has 5 atom stereocenters. The summed E-state index contributed by atoms with van der Waals surface area (Å²) < 4.78 is 6.63. The van der Waals surface area contributed by atoms with Gasteiger partial charge in [-0.05, 0) is 38.5 Å². The highest BCUT2D eigenvalue weighted by Crippen LogP contribution is 2.64. The fourth-order valence-electron chi connectivity index (χ4n) is 5.94. The zero-order valence-electron chi connectivity index (χ0n) is 19.2. The lowest BCUT2D eigenvalue weighted by Gasteiger charge is -2.34. The molecule has 3 rings (SSSR count). The zero-order valence-corrected chi connectivity index (χ0v) is 19.2. The summed E-state index contributed by atoms with van der Waals surface area (Å²) >= 11 is 0. The predicted octanol–water partition coefficient (Wildman–Crippen LogP) is 1.36. The summed E-state index contributed by atoms with van der Waals surface area (Å²) in [5.41, 5.74) is -1.66. The van der Waals surface area contributed by atoms with Crippen LogP contribution in [0.3, 0.4) is 0 Å². The Morgan fingerprint density at radius 1 is 1.06 bits per heavy atom. The van der Waals surface area contributed by atoms with Crippen LogP contribution < -0.4 is 10.6 Å². The van der Waals surface area contributed by atoms with Gasteiger partial charge in [-0.3, -0.25) is 14.4 Å². The SMILES string of the molecule is CCCCCNC(=O)C1N(CCCO)C(=O)[C@@H]2[C@@H](C(=O)NCCC)[C@@]3(CC)CCC12O3. The topological polar surface area (TPSA) is 108 Å². The number of nitrogens with zero attached hydrogens (tertiary/aromatic N) is 1. The van der Waals surface area contributed by atoms with Gasteiger partial charge in [0.05, 0.1) is 17.4 Å². The molecule has 2 bridgehead atoms. The van der Waals surface area contributed by atoms with Crippen LogP contribution in [0.4, 0.5) is 0 Å². The molecule has 0 aliphatic carbocycles. The number of likely N-dealkylation sites (tertiary alicyclic amines) is 1. The third-order valence-electron chi connectivity index (χ3n) is 7.40. The number of carbonyl (C=O) groups is 3. The number of aliphatic hydroxyl groups excluding tert-OH is 1. The molecule has 3 aliphatic heterocycles. The van der Waals surface area contributed by atoms with Crippen LogP contribution in [-0.4, -0.2) is 71.2 Å². The van der Waals surface area contributed by atoms with E-state index in [2.05, 4.69) is 17.6 Å². The Kier molecular flexibility index (Phi) is 7.63. The second-order valence-corrected chi connectivity index (χ2v) is 9.23. The molecule has 0 aromatic carbocycles. The first kappa shape index (κ1) is 24.0. The molecule has 2 unspecified atom stereocenters. The van der Waals surface area contributed by atoms with Crippen molar-refractivity contribution in [2.75, 3.05) is 26.2 Å². The monoisotopic (exact) mass is 437 g/mol. The molecule has 1 spiro atoms. The molecular weight excluding hydrogens is 398 g/mol. The van der Waals surface area contributed by atoms with Crippen molar-refractivity contribution < 1.29 is 24.2 Å². The Morgan fingerprint density at radius 2 is 1.81 bits per heavy atom. The molecule has 0 radical (unpaired) electrons. The van der Waals surface area contributed by atoms with E-state index in [0.29, 0.717) is 38.8 Å². The maximum Gasteiger partial charge on any atom is 0.245 e. The van der Waals surface area contributed by atoms with E-state index in [9.17, 15) is 19.5 Å².